The summed E-state index contributed by atoms with van der Waals surface area (Å²) in [7, 11) is 1.60. The van der Waals surface area contributed by atoms with E-state index in [1.807, 2.05) is 12.1 Å². The monoisotopic (exact) mass is 329 g/mol. The van der Waals surface area contributed by atoms with Gasteiger partial charge in [0.2, 0.25) is 5.95 Å². The molecule has 2 N–H and O–H groups in total. The molecule has 0 saturated heterocycles. The first-order valence-corrected chi connectivity index (χ1v) is 7.53. The molecule has 0 spiro atoms. The van der Waals surface area contributed by atoms with Gasteiger partial charge in [-0.15, -0.1) is 0 Å². The van der Waals surface area contributed by atoms with Gasteiger partial charge in [0.25, 0.3) is 0 Å². The highest BCUT2D eigenvalue weighted by molar-refractivity contribution is 6.09. The average molecular weight is 329 g/mol. The third-order valence-corrected chi connectivity index (χ3v) is 3.56. The first kappa shape index (κ1) is 16.1. The summed E-state index contributed by atoms with van der Waals surface area (Å²) in [6.07, 6.45) is 1.60. The third-order valence-electron chi connectivity index (χ3n) is 3.56. The van der Waals surface area contributed by atoms with Crippen LogP contribution in [0.4, 0.5) is 11.6 Å². The van der Waals surface area contributed by atoms with Crippen molar-refractivity contribution < 1.29 is 4.74 Å². The Morgan fingerprint density at radius 3 is 2.44 bits per heavy atom. The quantitative estimate of drug-likeness (QED) is 0.698. The van der Waals surface area contributed by atoms with E-state index in [0.717, 1.165) is 17.0 Å². The number of nitrogens with one attached hydrogen (secondary N) is 2. The highest BCUT2D eigenvalue weighted by atomic mass is 16.5. The van der Waals surface area contributed by atoms with Crippen molar-refractivity contribution >= 4 is 17.3 Å². The van der Waals surface area contributed by atoms with Gasteiger partial charge in [-0.25, -0.2) is 9.97 Å². The molecule has 122 valence electrons. The predicted octanol–water partition coefficient (Wildman–Crippen LogP) is 3.52. The molecule has 0 amide bonds. The van der Waals surface area contributed by atoms with Gasteiger partial charge in [0.15, 0.2) is 0 Å². The van der Waals surface area contributed by atoms with Crippen LogP contribution in [0.3, 0.4) is 0 Å². The summed E-state index contributed by atoms with van der Waals surface area (Å²) in [4.78, 5) is 8.56. The molecule has 0 unspecified atom stereocenters. The fraction of sp³-hybridized carbons (Fsp3) is 0.0526. The fourth-order valence-electron chi connectivity index (χ4n) is 2.22. The molecule has 1 heterocycles. The Bertz CT molecular complexity index is 927. The first-order chi connectivity index (χ1) is 12.2. The van der Waals surface area contributed by atoms with Crippen molar-refractivity contribution in [1.82, 2.24) is 9.97 Å². The summed E-state index contributed by atoms with van der Waals surface area (Å²) in [5.74, 6) is 1.13. The van der Waals surface area contributed by atoms with Crippen molar-refractivity contribution in [2.45, 2.75) is 0 Å². The minimum atomic E-state index is 0.299. The molecule has 0 atom stereocenters. The first-order valence-electron chi connectivity index (χ1n) is 7.53. The molecule has 2 aromatic carbocycles. The lowest BCUT2D eigenvalue weighted by Crippen LogP contribution is -2.07. The molecule has 0 aliphatic carbocycles. The molecule has 0 saturated carbocycles. The molecule has 0 aliphatic heterocycles. The van der Waals surface area contributed by atoms with Crippen LogP contribution in [0.1, 0.15) is 16.8 Å². The van der Waals surface area contributed by atoms with Crippen molar-refractivity contribution in [2.75, 3.05) is 12.4 Å². The fourth-order valence-corrected chi connectivity index (χ4v) is 2.22. The molecule has 3 rings (SSSR count). The number of nitriles is 1. The number of nitrogens with zero attached hydrogens (tertiary/aromatic N) is 3. The van der Waals surface area contributed by atoms with Crippen LogP contribution in [0.5, 0.6) is 5.75 Å². The number of benzene rings is 2. The molecule has 0 fully saturated rings. The van der Waals surface area contributed by atoms with Gasteiger partial charge >= 0.3 is 0 Å². The molecule has 6 nitrogen and oxygen atoms in total. The van der Waals surface area contributed by atoms with Gasteiger partial charge in [0.05, 0.1) is 30.1 Å². The number of hydrogen-bond donors (Lipinski definition) is 2. The normalized spacial score (nSPS) is 9.92. The van der Waals surface area contributed by atoms with Gasteiger partial charge in [0.1, 0.15) is 5.75 Å². The van der Waals surface area contributed by atoms with Crippen LogP contribution in [0, 0.1) is 16.7 Å². The molecular weight excluding hydrogens is 314 g/mol. The standard InChI is InChI=1S/C19H15N5O/c1-25-16-8-4-14(5-9-16)18(21)17-10-11-22-19(24-17)23-15-6-2-13(12-20)3-7-15/h2-11,21H,1H3,(H,22,23,24). The molecule has 1 aromatic heterocycles. The zero-order chi connectivity index (χ0) is 17.6. The van der Waals surface area contributed by atoms with Gasteiger partial charge in [-0.05, 0) is 54.6 Å². The number of ether oxygens (including phenoxy) is 1. The minimum Gasteiger partial charge on any atom is -0.497 e. The predicted molar refractivity (Wildman–Crippen MR) is 95.4 cm³/mol. The van der Waals surface area contributed by atoms with Crippen molar-refractivity contribution in [3.63, 3.8) is 0 Å². The van der Waals surface area contributed by atoms with E-state index in [1.54, 1.807) is 55.8 Å². The van der Waals surface area contributed by atoms with E-state index >= 15 is 0 Å². The van der Waals surface area contributed by atoms with Gasteiger partial charge in [-0.3, -0.25) is 5.41 Å². The topological polar surface area (TPSA) is 94.7 Å². The van der Waals surface area contributed by atoms with E-state index in [4.69, 9.17) is 15.4 Å². The maximum atomic E-state index is 8.83. The summed E-state index contributed by atoms with van der Waals surface area (Å²) in [6.45, 7) is 0. The van der Waals surface area contributed by atoms with E-state index in [2.05, 4.69) is 21.4 Å². The molecule has 25 heavy (non-hydrogen) atoms. The zero-order valence-corrected chi connectivity index (χ0v) is 13.5. The lowest BCUT2D eigenvalue weighted by atomic mass is 10.1. The Morgan fingerprint density at radius 1 is 1.08 bits per heavy atom. The van der Waals surface area contributed by atoms with Crippen LogP contribution in [0.15, 0.2) is 60.8 Å². The number of aromatic nitrogens is 2. The minimum absolute atomic E-state index is 0.299. The van der Waals surface area contributed by atoms with Gasteiger partial charge in [0, 0.05) is 17.4 Å². The molecule has 0 radical (unpaired) electrons. The summed E-state index contributed by atoms with van der Waals surface area (Å²) in [5.41, 5.74) is 2.90. The second-order valence-corrected chi connectivity index (χ2v) is 5.18. The molecule has 3 aromatic rings. The summed E-state index contributed by atoms with van der Waals surface area (Å²) < 4.78 is 5.13. The number of hydrogen-bond acceptors (Lipinski definition) is 6. The average Bonchev–Trinajstić information content (AvgIpc) is 2.68. The largest absolute Gasteiger partial charge is 0.497 e. The van der Waals surface area contributed by atoms with E-state index in [-0.39, 0.29) is 0 Å². The summed E-state index contributed by atoms with van der Waals surface area (Å²) in [5, 5.41) is 20.2. The number of anilines is 2. The van der Waals surface area contributed by atoms with Gasteiger partial charge in [-0.2, -0.15) is 5.26 Å². The lowest BCUT2D eigenvalue weighted by molar-refractivity contribution is 0.415. The second-order valence-electron chi connectivity index (χ2n) is 5.18. The summed E-state index contributed by atoms with van der Waals surface area (Å²) >= 11 is 0. The maximum Gasteiger partial charge on any atom is 0.227 e. The highest BCUT2D eigenvalue weighted by Gasteiger charge is 2.08. The van der Waals surface area contributed by atoms with Crippen molar-refractivity contribution in [1.29, 1.82) is 10.7 Å². The second kappa shape index (κ2) is 7.23. The van der Waals surface area contributed by atoms with Crippen LogP contribution in [-0.4, -0.2) is 22.8 Å². The van der Waals surface area contributed by atoms with Gasteiger partial charge < -0.3 is 10.1 Å². The molecular formula is C19H15N5O. The van der Waals surface area contributed by atoms with E-state index < -0.39 is 0 Å². The third kappa shape index (κ3) is 3.79. The maximum absolute atomic E-state index is 8.83. The van der Waals surface area contributed by atoms with E-state index in [1.165, 1.54) is 0 Å². The Kier molecular flexibility index (Phi) is 4.67. The molecule has 0 bridgehead atoms. The highest BCUT2D eigenvalue weighted by Crippen LogP contribution is 2.16. The zero-order valence-electron chi connectivity index (χ0n) is 13.5. The Balaban J connectivity index is 1.80. The van der Waals surface area contributed by atoms with Crippen molar-refractivity contribution in [2.24, 2.45) is 0 Å². The Morgan fingerprint density at radius 2 is 1.80 bits per heavy atom. The smallest absolute Gasteiger partial charge is 0.227 e. The van der Waals surface area contributed by atoms with Crippen LogP contribution in [0.25, 0.3) is 0 Å². The van der Waals surface area contributed by atoms with Crippen molar-refractivity contribution in [3.05, 3.63) is 77.6 Å². The van der Waals surface area contributed by atoms with Crippen LogP contribution < -0.4 is 10.1 Å². The van der Waals surface area contributed by atoms with Crippen LogP contribution in [0.2, 0.25) is 0 Å². The Hall–Kier alpha value is -3.72. The van der Waals surface area contributed by atoms with Gasteiger partial charge in [-0.1, -0.05) is 0 Å². The SMILES string of the molecule is COc1ccc(C(=N)c2ccnc(Nc3ccc(C#N)cc3)n2)cc1. The lowest BCUT2D eigenvalue weighted by Gasteiger charge is -2.08. The van der Waals surface area contributed by atoms with E-state index in [9.17, 15) is 0 Å². The van der Waals surface area contributed by atoms with Crippen LogP contribution >= 0.6 is 0 Å². The van der Waals surface area contributed by atoms with E-state index in [0.29, 0.717) is 22.9 Å². The Labute approximate surface area is 145 Å². The van der Waals surface area contributed by atoms with Crippen LogP contribution in [-0.2, 0) is 0 Å². The number of methoxy groups -OCH3 is 1. The van der Waals surface area contributed by atoms with Crippen molar-refractivity contribution in [3.8, 4) is 11.8 Å². The summed E-state index contributed by atoms with van der Waals surface area (Å²) in [6, 6.07) is 18.0. The number of rotatable bonds is 5. The molecule has 6 heteroatoms. The molecule has 0 aliphatic rings.